The van der Waals surface area contributed by atoms with Crippen LogP contribution >= 0.6 is 31.9 Å². The molecule has 0 unspecified atom stereocenters. The maximum absolute atomic E-state index is 11.8. The molecular formula is C10H12Br2N2O. The summed E-state index contributed by atoms with van der Waals surface area (Å²) in [5.41, 5.74) is 0.346. The molecule has 1 amide bonds. The fraction of sp³-hybridized carbons (Fsp3) is 0.400. The smallest absolute Gasteiger partial charge is 0.251 e. The van der Waals surface area contributed by atoms with Gasteiger partial charge in [-0.15, -0.1) is 0 Å². The van der Waals surface area contributed by atoms with Gasteiger partial charge in [-0.1, -0.05) is 31.9 Å². The maximum Gasteiger partial charge on any atom is 0.251 e. The summed E-state index contributed by atoms with van der Waals surface area (Å²) in [5.74, 6) is -0.0844. The molecule has 0 spiro atoms. The van der Waals surface area contributed by atoms with Crippen LogP contribution in [0.15, 0.2) is 24.5 Å². The molecule has 15 heavy (non-hydrogen) atoms. The van der Waals surface area contributed by atoms with Crippen LogP contribution in [-0.2, 0) is 0 Å². The first-order valence-corrected chi connectivity index (χ1v) is 6.70. The van der Waals surface area contributed by atoms with E-state index in [2.05, 4.69) is 42.2 Å². The Morgan fingerprint density at radius 3 is 2.40 bits per heavy atom. The van der Waals surface area contributed by atoms with Crippen molar-refractivity contribution in [3.8, 4) is 0 Å². The predicted octanol–water partition coefficient (Wildman–Crippen LogP) is 2.36. The number of carbonyl (C=O) groups excluding carboxylic acids is 1. The van der Waals surface area contributed by atoms with Crippen molar-refractivity contribution in [2.24, 2.45) is 0 Å². The highest BCUT2D eigenvalue weighted by atomic mass is 79.9. The van der Waals surface area contributed by atoms with Crippen LogP contribution in [-0.4, -0.2) is 27.1 Å². The lowest BCUT2D eigenvalue weighted by molar-refractivity contribution is 0.0923. The van der Waals surface area contributed by atoms with Gasteiger partial charge in [0.2, 0.25) is 0 Å². The Balaban J connectivity index is 2.72. The van der Waals surface area contributed by atoms with Gasteiger partial charge in [-0.3, -0.25) is 9.78 Å². The highest BCUT2D eigenvalue weighted by molar-refractivity contribution is 9.09. The van der Waals surface area contributed by atoms with Gasteiger partial charge in [0.15, 0.2) is 0 Å². The van der Waals surface area contributed by atoms with Gasteiger partial charge in [-0.05, 0) is 19.1 Å². The van der Waals surface area contributed by atoms with E-state index in [9.17, 15) is 4.79 Å². The molecule has 0 aliphatic heterocycles. The van der Waals surface area contributed by atoms with E-state index in [1.165, 1.54) is 0 Å². The van der Waals surface area contributed by atoms with E-state index in [1.54, 1.807) is 24.5 Å². The standard InChI is InChI=1S/C10H12Br2N2O/c1-10(6-11,7-12)14-9(15)8-2-4-13-5-3-8/h2-5H,6-7H2,1H3,(H,14,15). The normalized spacial score (nSPS) is 11.1. The van der Waals surface area contributed by atoms with E-state index in [0.29, 0.717) is 16.2 Å². The fourth-order valence-corrected chi connectivity index (χ4v) is 2.16. The number of hydrogen-bond acceptors (Lipinski definition) is 2. The molecule has 0 saturated heterocycles. The van der Waals surface area contributed by atoms with Crippen LogP contribution in [0.1, 0.15) is 17.3 Å². The molecule has 0 aliphatic carbocycles. The Morgan fingerprint density at radius 1 is 1.40 bits per heavy atom. The number of hydrogen-bond donors (Lipinski definition) is 1. The second-order valence-corrected chi connectivity index (χ2v) is 4.64. The van der Waals surface area contributed by atoms with Crippen molar-refractivity contribution in [1.29, 1.82) is 0 Å². The van der Waals surface area contributed by atoms with Crippen molar-refractivity contribution in [2.75, 3.05) is 10.7 Å². The predicted molar refractivity (Wildman–Crippen MR) is 67.7 cm³/mol. The minimum absolute atomic E-state index is 0.0844. The van der Waals surface area contributed by atoms with Gasteiger partial charge in [-0.25, -0.2) is 0 Å². The van der Waals surface area contributed by atoms with Crippen LogP contribution in [0.5, 0.6) is 0 Å². The molecule has 0 fully saturated rings. The molecule has 0 atom stereocenters. The molecule has 0 bridgehead atoms. The Labute approximate surface area is 106 Å². The summed E-state index contributed by atoms with van der Waals surface area (Å²) in [6.07, 6.45) is 3.21. The van der Waals surface area contributed by atoms with Crippen LogP contribution in [0.2, 0.25) is 0 Å². The first-order chi connectivity index (χ1) is 7.11. The van der Waals surface area contributed by atoms with E-state index in [4.69, 9.17) is 0 Å². The molecule has 5 heteroatoms. The molecule has 0 saturated carbocycles. The van der Waals surface area contributed by atoms with Crippen molar-refractivity contribution >= 4 is 37.8 Å². The number of pyridine rings is 1. The zero-order chi connectivity index (χ0) is 11.3. The van der Waals surface area contributed by atoms with Crippen molar-refractivity contribution in [3.63, 3.8) is 0 Å². The molecule has 1 N–H and O–H groups in total. The van der Waals surface area contributed by atoms with Crippen LogP contribution in [0.4, 0.5) is 0 Å². The number of nitrogens with zero attached hydrogens (tertiary/aromatic N) is 1. The number of aromatic nitrogens is 1. The molecule has 1 rings (SSSR count). The number of halogens is 2. The highest BCUT2D eigenvalue weighted by Crippen LogP contribution is 2.12. The molecule has 1 aromatic rings. The largest absolute Gasteiger partial charge is 0.345 e. The summed E-state index contributed by atoms with van der Waals surface area (Å²) in [6.45, 7) is 1.97. The van der Waals surface area contributed by atoms with E-state index in [-0.39, 0.29) is 11.4 Å². The van der Waals surface area contributed by atoms with E-state index < -0.39 is 0 Å². The average Bonchev–Trinajstić information content (AvgIpc) is 2.30. The summed E-state index contributed by atoms with van der Waals surface area (Å²) in [6, 6.07) is 3.39. The third-order valence-electron chi connectivity index (χ3n) is 1.95. The number of alkyl halides is 2. The van der Waals surface area contributed by atoms with E-state index >= 15 is 0 Å². The molecule has 3 nitrogen and oxygen atoms in total. The second-order valence-electron chi connectivity index (χ2n) is 3.52. The minimum atomic E-state index is -0.277. The summed E-state index contributed by atoms with van der Waals surface area (Å²) >= 11 is 6.75. The fourth-order valence-electron chi connectivity index (χ4n) is 0.952. The Kier molecular flexibility index (Phi) is 4.73. The topological polar surface area (TPSA) is 42.0 Å². The average molecular weight is 336 g/mol. The van der Waals surface area contributed by atoms with Crippen molar-refractivity contribution in [2.45, 2.75) is 12.5 Å². The van der Waals surface area contributed by atoms with Gasteiger partial charge in [0, 0.05) is 28.6 Å². The Morgan fingerprint density at radius 2 is 1.93 bits per heavy atom. The van der Waals surface area contributed by atoms with Gasteiger partial charge in [0.1, 0.15) is 0 Å². The van der Waals surface area contributed by atoms with Crippen LogP contribution < -0.4 is 5.32 Å². The van der Waals surface area contributed by atoms with E-state index in [1.807, 2.05) is 6.92 Å². The van der Waals surface area contributed by atoms with Gasteiger partial charge < -0.3 is 5.32 Å². The molecule has 0 aliphatic rings. The van der Waals surface area contributed by atoms with Crippen molar-refractivity contribution in [3.05, 3.63) is 30.1 Å². The van der Waals surface area contributed by atoms with Gasteiger partial charge in [0.25, 0.3) is 5.91 Å². The SMILES string of the molecule is CC(CBr)(CBr)NC(=O)c1ccncc1. The summed E-state index contributed by atoms with van der Waals surface area (Å²) in [5, 5.41) is 4.34. The summed E-state index contributed by atoms with van der Waals surface area (Å²) < 4.78 is 0. The Bertz CT molecular complexity index is 325. The second kappa shape index (κ2) is 5.61. The Hall–Kier alpha value is -0.420. The minimum Gasteiger partial charge on any atom is -0.345 e. The summed E-state index contributed by atoms with van der Waals surface area (Å²) in [7, 11) is 0. The lowest BCUT2D eigenvalue weighted by atomic mass is 10.1. The maximum atomic E-state index is 11.8. The number of carbonyl (C=O) groups is 1. The van der Waals surface area contributed by atoms with Crippen molar-refractivity contribution in [1.82, 2.24) is 10.3 Å². The molecule has 1 aromatic heterocycles. The number of amides is 1. The quantitative estimate of drug-likeness (QED) is 0.858. The van der Waals surface area contributed by atoms with Crippen molar-refractivity contribution < 1.29 is 4.79 Å². The molecule has 82 valence electrons. The first kappa shape index (κ1) is 12.6. The van der Waals surface area contributed by atoms with Gasteiger partial charge in [-0.2, -0.15) is 0 Å². The van der Waals surface area contributed by atoms with Crippen LogP contribution in [0.3, 0.4) is 0 Å². The highest BCUT2D eigenvalue weighted by Gasteiger charge is 2.24. The van der Waals surface area contributed by atoms with Gasteiger partial charge >= 0.3 is 0 Å². The monoisotopic (exact) mass is 334 g/mol. The van der Waals surface area contributed by atoms with Crippen LogP contribution in [0.25, 0.3) is 0 Å². The number of rotatable bonds is 4. The van der Waals surface area contributed by atoms with Crippen LogP contribution in [0, 0.1) is 0 Å². The lowest BCUT2D eigenvalue weighted by Crippen LogP contribution is -2.48. The third kappa shape index (κ3) is 3.57. The zero-order valence-electron chi connectivity index (χ0n) is 8.34. The molecule has 0 radical (unpaired) electrons. The molecule has 0 aromatic carbocycles. The first-order valence-electron chi connectivity index (χ1n) is 4.46. The molecule has 1 heterocycles. The van der Waals surface area contributed by atoms with E-state index in [0.717, 1.165) is 0 Å². The van der Waals surface area contributed by atoms with Gasteiger partial charge in [0.05, 0.1) is 5.54 Å². The number of nitrogens with one attached hydrogen (secondary N) is 1. The zero-order valence-corrected chi connectivity index (χ0v) is 11.5. The lowest BCUT2D eigenvalue weighted by Gasteiger charge is -2.26. The molecular weight excluding hydrogens is 324 g/mol. The third-order valence-corrected chi connectivity index (χ3v) is 4.42. The summed E-state index contributed by atoms with van der Waals surface area (Å²) in [4.78, 5) is 15.7.